The Morgan fingerprint density at radius 1 is 1.44 bits per heavy atom. The van der Waals surface area contributed by atoms with Gasteiger partial charge in [0.25, 0.3) is 0 Å². The van der Waals surface area contributed by atoms with E-state index in [0.29, 0.717) is 18.7 Å². The van der Waals surface area contributed by atoms with Crippen molar-refractivity contribution < 1.29 is 9.00 Å². The zero-order valence-electron chi connectivity index (χ0n) is 10.4. The summed E-state index contributed by atoms with van der Waals surface area (Å²) in [6.07, 6.45) is 0.621. The van der Waals surface area contributed by atoms with Crippen molar-refractivity contribution in [1.29, 1.82) is 5.26 Å². The van der Waals surface area contributed by atoms with Crippen molar-refractivity contribution in [2.75, 3.05) is 19.3 Å². The molecule has 0 aliphatic heterocycles. The third kappa shape index (κ3) is 5.86. The fourth-order valence-electron chi connectivity index (χ4n) is 1.02. The van der Waals surface area contributed by atoms with E-state index in [9.17, 15) is 9.00 Å². The Balaban J connectivity index is 3.99. The van der Waals surface area contributed by atoms with Crippen molar-refractivity contribution in [3.63, 3.8) is 0 Å². The van der Waals surface area contributed by atoms with Crippen LogP contribution in [0.4, 0.5) is 0 Å². The summed E-state index contributed by atoms with van der Waals surface area (Å²) in [5, 5.41) is 8.39. The van der Waals surface area contributed by atoms with Crippen molar-refractivity contribution in [2.45, 2.75) is 38.4 Å². The molecule has 5 heteroatoms. The lowest BCUT2D eigenvalue weighted by Crippen LogP contribution is -2.31. The smallest absolute Gasteiger partial charge is 0.223 e. The van der Waals surface area contributed by atoms with Crippen molar-refractivity contribution in [3.05, 3.63) is 0 Å². The fourth-order valence-corrected chi connectivity index (χ4v) is 1.99. The number of rotatable bonds is 5. The maximum Gasteiger partial charge on any atom is 0.223 e. The SMILES string of the molecule is CN(CCC#N)C(=O)CCS(=O)C(C)(C)C. The molecule has 0 rings (SSSR count). The number of nitrogens with zero attached hydrogens (tertiary/aromatic N) is 2. The number of carbonyl (C=O) groups is 1. The highest BCUT2D eigenvalue weighted by atomic mass is 32.2. The van der Waals surface area contributed by atoms with Crippen LogP contribution in [0.2, 0.25) is 0 Å². The van der Waals surface area contributed by atoms with Gasteiger partial charge in [0.15, 0.2) is 0 Å². The number of hydrogen-bond acceptors (Lipinski definition) is 3. The van der Waals surface area contributed by atoms with Crippen molar-refractivity contribution in [3.8, 4) is 6.07 Å². The van der Waals surface area contributed by atoms with Crippen LogP contribution < -0.4 is 0 Å². The molecule has 0 radical (unpaired) electrons. The average Bonchev–Trinajstić information content (AvgIpc) is 2.20. The summed E-state index contributed by atoms with van der Waals surface area (Å²) in [6.45, 7) is 6.13. The Labute approximate surface area is 100 Å². The summed E-state index contributed by atoms with van der Waals surface area (Å²) < 4.78 is 11.4. The standard InChI is InChI=1S/C11H20N2O2S/c1-11(2,3)16(15)9-6-10(14)13(4)8-5-7-12/h5-6,8-9H2,1-4H3. The second-order valence-electron chi connectivity index (χ2n) is 4.64. The second kappa shape index (κ2) is 6.64. The van der Waals surface area contributed by atoms with E-state index in [2.05, 4.69) is 0 Å². The predicted octanol–water partition coefficient (Wildman–Crippen LogP) is 1.30. The van der Waals surface area contributed by atoms with E-state index in [1.54, 1.807) is 7.05 Å². The molecule has 0 aromatic rings. The van der Waals surface area contributed by atoms with Crippen LogP contribution in [-0.4, -0.2) is 39.1 Å². The van der Waals surface area contributed by atoms with Crippen LogP contribution in [-0.2, 0) is 15.6 Å². The minimum Gasteiger partial charge on any atom is -0.345 e. The Hall–Kier alpha value is -0.890. The van der Waals surface area contributed by atoms with Gasteiger partial charge in [-0.3, -0.25) is 9.00 Å². The van der Waals surface area contributed by atoms with Gasteiger partial charge in [0, 0.05) is 41.3 Å². The van der Waals surface area contributed by atoms with E-state index in [1.165, 1.54) is 4.90 Å². The van der Waals surface area contributed by atoms with Gasteiger partial charge >= 0.3 is 0 Å². The fraction of sp³-hybridized carbons (Fsp3) is 0.818. The Morgan fingerprint density at radius 2 is 2.00 bits per heavy atom. The third-order valence-electron chi connectivity index (χ3n) is 2.17. The first-order valence-electron chi connectivity index (χ1n) is 5.28. The first-order chi connectivity index (χ1) is 7.29. The number of nitriles is 1. The maximum absolute atomic E-state index is 11.7. The summed E-state index contributed by atoms with van der Waals surface area (Å²) in [7, 11) is 0.674. The van der Waals surface area contributed by atoms with Gasteiger partial charge in [-0.25, -0.2) is 0 Å². The van der Waals surface area contributed by atoms with Crippen LogP contribution in [0.5, 0.6) is 0 Å². The molecule has 0 bridgehead atoms. The van der Waals surface area contributed by atoms with E-state index in [1.807, 2.05) is 26.8 Å². The number of carbonyl (C=O) groups excluding carboxylic acids is 1. The molecule has 0 aliphatic carbocycles. The van der Waals surface area contributed by atoms with Crippen LogP contribution in [0.3, 0.4) is 0 Å². The minimum atomic E-state index is -0.993. The third-order valence-corrected chi connectivity index (χ3v) is 4.11. The van der Waals surface area contributed by atoms with Gasteiger partial charge in [0.1, 0.15) is 0 Å². The molecule has 92 valence electrons. The lowest BCUT2D eigenvalue weighted by atomic mass is 10.3. The summed E-state index contributed by atoms with van der Waals surface area (Å²) in [6, 6.07) is 1.99. The molecule has 0 aromatic carbocycles. The summed E-state index contributed by atoms with van der Waals surface area (Å²) in [5.74, 6) is 0.340. The van der Waals surface area contributed by atoms with E-state index in [4.69, 9.17) is 5.26 Å². The highest BCUT2D eigenvalue weighted by Gasteiger charge is 2.20. The molecule has 0 aliphatic rings. The Bertz CT molecular complexity index is 302. The normalized spacial score (nSPS) is 12.9. The molecular weight excluding hydrogens is 224 g/mol. The summed E-state index contributed by atoms with van der Waals surface area (Å²) in [5.41, 5.74) is 0. The van der Waals surface area contributed by atoms with Gasteiger partial charge in [-0.2, -0.15) is 5.26 Å². The quantitative estimate of drug-likeness (QED) is 0.732. The van der Waals surface area contributed by atoms with Gasteiger partial charge in [0.2, 0.25) is 5.91 Å². The zero-order valence-corrected chi connectivity index (χ0v) is 11.3. The highest BCUT2D eigenvalue weighted by Crippen LogP contribution is 2.12. The Morgan fingerprint density at radius 3 is 2.44 bits per heavy atom. The van der Waals surface area contributed by atoms with Crippen LogP contribution >= 0.6 is 0 Å². The molecule has 0 saturated heterocycles. The lowest BCUT2D eigenvalue weighted by Gasteiger charge is -2.19. The molecule has 0 heterocycles. The van der Waals surface area contributed by atoms with Gasteiger partial charge in [-0.1, -0.05) is 0 Å². The van der Waals surface area contributed by atoms with Crippen molar-refractivity contribution in [1.82, 2.24) is 4.90 Å². The molecule has 4 nitrogen and oxygen atoms in total. The van der Waals surface area contributed by atoms with E-state index in [0.717, 1.165) is 0 Å². The Kier molecular flexibility index (Phi) is 6.27. The van der Waals surface area contributed by atoms with E-state index >= 15 is 0 Å². The second-order valence-corrected chi connectivity index (χ2v) is 6.96. The van der Waals surface area contributed by atoms with Crippen molar-refractivity contribution in [2.24, 2.45) is 0 Å². The first-order valence-corrected chi connectivity index (χ1v) is 6.60. The highest BCUT2D eigenvalue weighted by molar-refractivity contribution is 7.86. The molecule has 0 aromatic heterocycles. The summed E-state index contributed by atoms with van der Waals surface area (Å²) in [4.78, 5) is 13.1. The van der Waals surface area contributed by atoms with Crippen LogP contribution in [0.15, 0.2) is 0 Å². The lowest BCUT2D eigenvalue weighted by molar-refractivity contribution is -0.129. The molecule has 1 atom stereocenters. The molecule has 16 heavy (non-hydrogen) atoms. The van der Waals surface area contributed by atoms with Crippen LogP contribution in [0.25, 0.3) is 0 Å². The molecule has 0 saturated carbocycles. The van der Waals surface area contributed by atoms with Crippen LogP contribution in [0, 0.1) is 11.3 Å². The minimum absolute atomic E-state index is 0.0483. The molecular formula is C11H20N2O2S. The zero-order chi connectivity index (χ0) is 12.8. The number of amides is 1. The summed E-state index contributed by atoms with van der Waals surface area (Å²) >= 11 is 0. The van der Waals surface area contributed by atoms with E-state index < -0.39 is 10.8 Å². The van der Waals surface area contributed by atoms with Gasteiger partial charge in [-0.05, 0) is 20.8 Å². The first kappa shape index (κ1) is 15.1. The molecule has 1 amide bonds. The molecule has 0 spiro atoms. The molecule has 1 unspecified atom stereocenters. The maximum atomic E-state index is 11.7. The largest absolute Gasteiger partial charge is 0.345 e. The van der Waals surface area contributed by atoms with Gasteiger partial charge in [-0.15, -0.1) is 0 Å². The van der Waals surface area contributed by atoms with Gasteiger partial charge in [0.05, 0.1) is 12.5 Å². The monoisotopic (exact) mass is 244 g/mol. The molecule has 0 N–H and O–H groups in total. The topological polar surface area (TPSA) is 61.2 Å². The van der Waals surface area contributed by atoms with Crippen LogP contribution in [0.1, 0.15) is 33.6 Å². The van der Waals surface area contributed by atoms with E-state index in [-0.39, 0.29) is 17.1 Å². The van der Waals surface area contributed by atoms with Crippen molar-refractivity contribution >= 4 is 16.7 Å². The molecule has 0 fully saturated rings. The van der Waals surface area contributed by atoms with Gasteiger partial charge < -0.3 is 4.90 Å². The number of hydrogen-bond donors (Lipinski definition) is 0. The average molecular weight is 244 g/mol. The predicted molar refractivity (Wildman–Crippen MR) is 65.2 cm³/mol.